The molecule has 1 fully saturated rings. The van der Waals surface area contributed by atoms with Crippen LogP contribution in [0.2, 0.25) is 0 Å². The predicted molar refractivity (Wildman–Crippen MR) is 170 cm³/mol. The largest absolute Gasteiger partial charge is 0.462 e. The van der Waals surface area contributed by atoms with E-state index in [1.807, 2.05) is 24.3 Å². The molecule has 0 aromatic heterocycles. The number of nitrogens with two attached hydrogens (primary N) is 1. The molecule has 234 valence electrons. The smallest absolute Gasteiger partial charge is 0.341 e. The average Bonchev–Trinajstić information content (AvgIpc) is 3.61. The van der Waals surface area contributed by atoms with E-state index in [4.69, 9.17) is 10.5 Å². The van der Waals surface area contributed by atoms with E-state index in [0.29, 0.717) is 42.6 Å². The van der Waals surface area contributed by atoms with Crippen LogP contribution in [0.5, 0.6) is 0 Å². The molecule has 5 rings (SSSR count). The highest BCUT2D eigenvalue weighted by atomic mass is 19.1. The minimum absolute atomic E-state index is 0.0687. The van der Waals surface area contributed by atoms with Crippen LogP contribution in [-0.4, -0.2) is 43.3 Å². The summed E-state index contributed by atoms with van der Waals surface area (Å²) in [5, 5.41) is 10.9. The lowest BCUT2D eigenvalue weighted by molar-refractivity contribution is -0.129. The van der Waals surface area contributed by atoms with E-state index in [9.17, 15) is 14.4 Å². The summed E-state index contributed by atoms with van der Waals surface area (Å²) < 4.78 is 20.2. The second kappa shape index (κ2) is 14.9. The van der Waals surface area contributed by atoms with Crippen molar-refractivity contribution in [2.45, 2.75) is 45.4 Å². The molecule has 0 radical (unpaired) electrons. The molecule has 2 aliphatic rings. The molecule has 1 atom stereocenters. The lowest BCUT2D eigenvalue weighted by atomic mass is 9.77. The van der Waals surface area contributed by atoms with Crippen LogP contribution in [0.15, 0.2) is 82.0 Å². The molecule has 45 heavy (non-hydrogen) atoms. The topological polar surface area (TPSA) is 136 Å². The van der Waals surface area contributed by atoms with Crippen molar-refractivity contribution in [3.05, 3.63) is 89.2 Å². The van der Waals surface area contributed by atoms with Crippen molar-refractivity contribution in [2.75, 3.05) is 25.1 Å². The Morgan fingerprint density at radius 1 is 0.978 bits per heavy atom. The number of nitrogens with one attached hydrogen (secondary N) is 1. The maximum Gasteiger partial charge on any atom is 0.341 e. The van der Waals surface area contributed by atoms with Crippen molar-refractivity contribution in [3.8, 4) is 11.1 Å². The molecule has 0 unspecified atom stereocenters. The Morgan fingerprint density at radius 3 is 2.33 bits per heavy atom. The summed E-state index contributed by atoms with van der Waals surface area (Å²) >= 11 is 0. The number of ether oxygens (including phenoxy) is 1. The number of azo groups is 1. The number of aliphatic imine (C=N–C) groups is 1. The van der Waals surface area contributed by atoms with Crippen LogP contribution in [0.3, 0.4) is 0 Å². The third kappa shape index (κ3) is 7.94. The first-order chi connectivity index (χ1) is 21.9. The maximum absolute atomic E-state index is 15.2. The van der Waals surface area contributed by atoms with Crippen LogP contribution in [-0.2, 0) is 20.7 Å². The number of carbonyl (C=O) groups excluding carboxylic acids is 3. The van der Waals surface area contributed by atoms with Gasteiger partial charge in [-0.1, -0.05) is 36.4 Å². The van der Waals surface area contributed by atoms with Gasteiger partial charge in [-0.15, -0.1) is 5.11 Å². The summed E-state index contributed by atoms with van der Waals surface area (Å²) in [7, 11) is 0. The normalized spacial score (nSPS) is 18.2. The lowest BCUT2D eigenvalue weighted by Crippen LogP contribution is -2.31. The van der Waals surface area contributed by atoms with Gasteiger partial charge in [-0.3, -0.25) is 9.59 Å². The third-order valence-electron chi connectivity index (χ3n) is 8.55. The van der Waals surface area contributed by atoms with Crippen LogP contribution in [0.25, 0.3) is 11.1 Å². The third-order valence-corrected chi connectivity index (χ3v) is 8.55. The fraction of sp³-hybridized carbons (Fsp3) is 0.371. The Kier molecular flexibility index (Phi) is 10.6. The van der Waals surface area contributed by atoms with Gasteiger partial charge in [0.05, 0.1) is 12.2 Å². The first kappa shape index (κ1) is 31.8. The number of carbonyl (C=O) groups is 3. The van der Waals surface area contributed by atoms with Crippen molar-refractivity contribution in [3.63, 3.8) is 0 Å². The molecule has 1 aliphatic heterocycles. The Labute approximate surface area is 262 Å². The Bertz CT molecular complexity index is 1580. The number of esters is 1. The van der Waals surface area contributed by atoms with Crippen LogP contribution >= 0.6 is 0 Å². The molecule has 0 spiro atoms. The van der Waals surface area contributed by atoms with E-state index in [2.05, 4.69) is 20.5 Å². The first-order valence-corrected chi connectivity index (χ1v) is 15.5. The molecular formula is C35H38FN5O4. The Balaban J connectivity index is 1.32. The van der Waals surface area contributed by atoms with Crippen LogP contribution in [0, 0.1) is 23.6 Å². The number of hydrogen-bond donors (Lipinski definition) is 2. The molecule has 9 nitrogen and oxygen atoms in total. The van der Waals surface area contributed by atoms with Crippen molar-refractivity contribution in [1.29, 1.82) is 0 Å². The molecule has 10 heteroatoms. The summed E-state index contributed by atoms with van der Waals surface area (Å²) in [5.41, 5.74) is 8.82. The monoisotopic (exact) mass is 611 g/mol. The van der Waals surface area contributed by atoms with Gasteiger partial charge in [0.15, 0.2) is 12.5 Å². The van der Waals surface area contributed by atoms with Crippen molar-refractivity contribution in [1.82, 2.24) is 0 Å². The van der Waals surface area contributed by atoms with Gasteiger partial charge >= 0.3 is 5.97 Å². The minimum atomic E-state index is -0.712. The highest BCUT2D eigenvalue weighted by molar-refractivity contribution is 6.01. The molecule has 3 aromatic rings. The van der Waals surface area contributed by atoms with E-state index in [1.165, 1.54) is 6.07 Å². The number of benzene rings is 3. The second-order valence-corrected chi connectivity index (χ2v) is 11.5. The standard InChI is InChI=1S/C35H38FN5O4/c1-2-45-35(44)30-5-3-4-29(32(30)36)24-10-6-22(7-11-24)18-27(19-31(42)25-12-8-23(20-37)9-13-25)34(43)40-28-16-14-26(15-17-28)33-38-21-39-41-33/h3-7,10-11,14-17,23,25,27H,2,8-9,12-13,18-21,37H2,1H3,(H,40,43)/t23?,25?,27-/m1/s1. The first-order valence-electron chi connectivity index (χ1n) is 15.5. The number of amides is 1. The molecule has 1 saturated carbocycles. The molecule has 1 aliphatic carbocycles. The van der Waals surface area contributed by atoms with Crippen molar-refractivity contribution >= 4 is 29.2 Å². The minimum Gasteiger partial charge on any atom is -0.462 e. The van der Waals surface area contributed by atoms with Crippen molar-refractivity contribution < 1.29 is 23.5 Å². The fourth-order valence-electron chi connectivity index (χ4n) is 5.94. The molecule has 3 aromatic carbocycles. The number of Topliss-reactive ketones (excluding diaryl/α,β-unsaturated/α-hetero) is 1. The molecule has 1 heterocycles. The van der Waals surface area contributed by atoms with Gasteiger partial charge in [-0.25, -0.2) is 14.2 Å². The van der Waals surface area contributed by atoms with Gasteiger partial charge in [-0.2, -0.15) is 5.11 Å². The van der Waals surface area contributed by atoms with E-state index >= 15 is 4.39 Å². The van der Waals surface area contributed by atoms with Gasteiger partial charge in [0.2, 0.25) is 5.91 Å². The van der Waals surface area contributed by atoms with E-state index in [0.717, 1.165) is 36.8 Å². The number of nitrogens with zero attached hydrogens (tertiary/aromatic N) is 3. The highest BCUT2D eigenvalue weighted by Gasteiger charge is 2.30. The van der Waals surface area contributed by atoms with E-state index < -0.39 is 17.7 Å². The summed E-state index contributed by atoms with van der Waals surface area (Å²) in [6.45, 7) is 2.76. The zero-order valence-electron chi connectivity index (χ0n) is 25.4. The van der Waals surface area contributed by atoms with Gasteiger partial charge in [-0.05, 0) is 92.9 Å². The quantitative estimate of drug-likeness (QED) is 0.230. The molecule has 0 bridgehead atoms. The van der Waals surface area contributed by atoms with Crippen LogP contribution in [0.4, 0.5) is 10.1 Å². The summed E-state index contributed by atoms with van der Waals surface area (Å²) in [4.78, 5) is 43.5. The number of rotatable bonds is 12. The SMILES string of the molecule is CCOC(=O)c1cccc(-c2ccc(C[C@H](CC(=O)C3CCC(CN)CC3)C(=O)Nc3ccc(C4=NCN=N4)cc3)cc2)c1F. The summed E-state index contributed by atoms with van der Waals surface area (Å²) in [5.74, 6) is -1.18. The molecule has 1 amide bonds. The number of amidine groups is 1. The van der Waals surface area contributed by atoms with E-state index in [-0.39, 0.29) is 41.8 Å². The molecule has 3 N–H and O–H groups in total. The Morgan fingerprint density at radius 2 is 1.69 bits per heavy atom. The fourth-order valence-corrected chi connectivity index (χ4v) is 5.94. The highest BCUT2D eigenvalue weighted by Crippen LogP contribution is 2.32. The van der Waals surface area contributed by atoms with Crippen LogP contribution in [0.1, 0.15) is 60.5 Å². The van der Waals surface area contributed by atoms with Gasteiger partial charge < -0.3 is 15.8 Å². The summed E-state index contributed by atoms with van der Waals surface area (Å²) in [6.07, 6.45) is 3.89. The maximum atomic E-state index is 15.2. The number of halogens is 1. The number of anilines is 1. The second-order valence-electron chi connectivity index (χ2n) is 11.5. The molecular weight excluding hydrogens is 573 g/mol. The predicted octanol–water partition coefficient (Wildman–Crippen LogP) is 6.36. The number of hydrogen-bond acceptors (Lipinski definition) is 8. The average molecular weight is 612 g/mol. The zero-order valence-corrected chi connectivity index (χ0v) is 25.4. The van der Waals surface area contributed by atoms with Gasteiger partial charge in [0.25, 0.3) is 0 Å². The summed E-state index contributed by atoms with van der Waals surface area (Å²) in [6, 6.07) is 19.0. The number of ketones is 1. The van der Waals surface area contributed by atoms with Gasteiger partial charge in [0, 0.05) is 35.1 Å². The Hall–Kier alpha value is -4.57. The molecule has 0 saturated heterocycles. The van der Waals surface area contributed by atoms with E-state index in [1.54, 1.807) is 43.3 Å². The van der Waals surface area contributed by atoms with Crippen LogP contribution < -0.4 is 11.1 Å². The van der Waals surface area contributed by atoms with Gasteiger partial charge in [0.1, 0.15) is 11.6 Å². The zero-order chi connectivity index (χ0) is 31.8. The lowest BCUT2D eigenvalue weighted by Gasteiger charge is -2.27. The van der Waals surface area contributed by atoms with Crippen molar-refractivity contribution in [2.24, 2.45) is 38.7 Å².